The van der Waals surface area contributed by atoms with Gasteiger partial charge in [0, 0.05) is 6.92 Å². The summed E-state index contributed by atoms with van der Waals surface area (Å²) in [7, 11) is 0. The highest BCUT2D eigenvalue weighted by Crippen LogP contribution is 2.46. The van der Waals surface area contributed by atoms with E-state index in [1.807, 2.05) is 18.2 Å². The molecule has 0 saturated heterocycles. The third-order valence-corrected chi connectivity index (χ3v) is 3.70. The number of esters is 1. The van der Waals surface area contributed by atoms with Crippen LogP contribution in [-0.4, -0.2) is 12.1 Å². The van der Waals surface area contributed by atoms with E-state index in [9.17, 15) is 4.79 Å². The lowest BCUT2D eigenvalue weighted by atomic mass is 9.80. The van der Waals surface area contributed by atoms with Crippen LogP contribution in [0.1, 0.15) is 30.9 Å². The van der Waals surface area contributed by atoms with E-state index < -0.39 is 5.60 Å². The van der Waals surface area contributed by atoms with Crippen LogP contribution < -0.4 is 0 Å². The smallest absolute Gasteiger partial charge is 0.303 e. The minimum atomic E-state index is -0.475. The molecule has 2 aliphatic rings. The van der Waals surface area contributed by atoms with Crippen LogP contribution in [-0.2, 0) is 26.5 Å². The highest BCUT2D eigenvalue weighted by molar-refractivity contribution is 5.66. The average molecular weight is 244 g/mol. The van der Waals surface area contributed by atoms with Gasteiger partial charge in [-0.2, -0.15) is 0 Å². The number of rotatable bonds is 1. The highest BCUT2D eigenvalue weighted by atomic mass is 16.6. The largest absolute Gasteiger partial charge is 0.455 e. The van der Waals surface area contributed by atoms with Crippen molar-refractivity contribution in [3.63, 3.8) is 0 Å². The number of fused-ring (bicyclic) bond motifs is 2. The third kappa shape index (κ3) is 1.66. The minimum Gasteiger partial charge on any atom is -0.455 e. The van der Waals surface area contributed by atoms with Gasteiger partial charge >= 0.3 is 5.97 Å². The van der Waals surface area contributed by atoms with Gasteiger partial charge in [-0.05, 0) is 30.0 Å². The Bertz CT molecular complexity index is 506. The van der Waals surface area contributed by atoms with Crippen molar-refractivity contribution in [2.24, 2.45) is 0 Å². The van der Waals surface area contributed by atoms with E-state index in [-0.39, 0.29) is 12.1 Å². The van der Waals surface area contributed by atoms with Crippen molar-refractivity contribution in [2.45, 2.75) is 38.1 Å². The Balaban J connectivity index is 2.03. The molecule has 1 aliphatic heterocycles. The van der Waals surface area contributed by atoms with Crippen molar-refractivity contribution < 1.29 is 14.3 Å². The molecule has 0 saturated carbocycles. The van der Waals surface area contributed by atoms with Crippen molar-refractivity contribution in [3.05, 3.63) is 47.5 Å². The van der Waals surface area contributed by atoms with Gasteiger partial charge in [-0.1, -0.05) is 30.3 Å². The predicted octanol–water partition coefficient (Wildman–Crippen LogP) is 2.69. The molecule has 0 radical (unpaired) electrons. The monoisotopic (exact) mass is 244 g/mol. The molecule has 2 unspecified atom stereocenters. The first-order valence-corrected chi connectivity index (χ1v) is 6.28. The van der Waals surface area contributed by atoms with E-state index in [2.05, 4.69) is 18.2 Å². The molecule has 1 heterocycles. The Kier molecular flexibility index (Phi) is 2.71. The summed E-state index contributed by atoms with van der Waals surface area (Å²) >= 11 is 0. The van der Waals surface area contributed by atoms with Crippen molar-refractivity contribution in [2.75, 3.05) is 0 Å². The maximum absolute atomic E-state index is 11.3. The molecule has 0 bridgehead atoms. The van der Waals surface area contributed by atoms with E-state index >= 15 is 0 Å². The van der Waals surface area contributed by atoms with Crippen molar-refractivity contribution >= 4 is 5.97 Å². The lowest BCUT2D eigenvalue weighted by Crippen LogP contribution is -2.42. The Morgan fingerprint density at radius 1 is 1.44 bits per heavy atom. The lowest BCUT2D eigenvalue weighted by molar-refractivity contribution is -0.167. The quantitative estimate of drug-likeness (QED) is 0.563. The number of carbonyl (C=O) groups excluding carboxylic acids is 1. The summed E-state index contributed by atoms with van der Waals surface area (Å²) in [6.45, 7) is 2.04. The second kappa shape index (κ2) is 4.25. The van der Waals surface area contributed by atoms with Gasteiger partial charge in [-0.3, -0.25) is 4.79 Å². The molecule has 94 valence electrons. The minimum absolute atomic E-state index is 0.265. The molecule has 18 heavy (non-hydrogen) atoms. The topological polar surface area (TPSA) is 35.5 Å². The van der Waals surface area contributed by atoms with Crippen LogP contribution >= 0.6 is 0 Å². The van der Waals surface area contributed by atoms with Crippen LogP contribution in [0.3, 0.4) is 0 Å². The first kappa shape index (κ1) is 11.5. The molecular formula is C15H16O3. The molecule has 0 fully saturated rings. The van der Waals surface area contributed by atoms with Crippen LogP contribution in [0.2, 0.25) is 0 Å². The number of carbonyl (C=O) groups is 1. The summed E-state index contributed by atoms with van der Waals surface area (Å²) in [4.78, 5) is 11.3. The normalized spacial score (nSPS) is 29.3. The fourth-order valence-corrected chi connectivity index (χ4v) is 2.91. The van der Waals surface area contributed by atoms with Gasteiger partial charge in [0.2, 0.25) is 0 Å². The molecule has 3 rings (SSSR count). The Morgan fingerprint density at radius 2 is 2.28 bits per heavy atom. The SMILES string of the molecule is CC(=O)OC1C=CCCC12OCc1ccccc12. The molecule has 3 nitrogen and oxygen atoms in total. The fraction of sp³-hybridized carbons (Fsp3) is 0.400. The van der Waals surface area contributed by atoms with E-state index in [1.54, 1.807) is 0 Å². The zero-order valence-corrected chi connectivity index (χ0v) is 10.4. The number of ether oxygens (including phenoxy) is 2. The van der Waals surface area contributed by atoms with Gasteiger partial charge in [-0.15, -0.1) is 0 Å². The van der Waals surface area contributed by atoms with Crippen LogP contribution in [0.25, 0.3) is 0 Å². The standard InChI is InChI=1S/C15H16O3/c1-11(16)18-14-8-4-5-9-15(14)13-7-3-2-6-12(13)10-17-15/h2-4,6-8,14H,5,9-10H2,1H3. The van der Waals surface area contributed by atoms with Crippen molar-refractivity contribution in [1.82, 2.24) is 0 Å². The van der Waals surface area contributed by atoms with Crippen molar-refractivity contribution in [1.29, 1.82) is 0 Å². The van der Waals surface area contributed by atoms with Gasteiger partial charge in [0.1, 0.15) is 5.60 Å². The van der Waals surface area contributed by atoms with E-state index in [0.717, 1.165) is 12.8 Å². The lowest BCUT2D eigenvalue weighted by Gasteiger charge is -2.37. The maximum atomic E-state index is 11.3. The molecule has 1 aliphatic carbocycles. The third-order valence-electron chi connectivity index (χ3n) is 3.70. The van der Waals surface area contributed by atoms with E-state index in [0.29, 0.717) is 6.61 Å². The zero-order valence-electron chi connectivity index (χ0n) is 10.4. The molecule has 1 aromatic rings. The van der Waals surface area contributed by atoms with Gasteiger partial charge in [-0.25, -0.2) is 0 Å². The van der Waals surface area contributed by atoms with Gasteiger partial charge in [0.15, 0.2) is 6.10 Å². The molecule has 0 N–H and O–H groups in total. The summed E-state index contributed by atoms with van der Waals surface area (Å²) in [5.41, 5.74) is 1.89. The predicted molar refractivity (Wildman–Crippen MR) is 66.8 cm³/mol. The molecule has 3 heteroatoms. The van der Waals surface area contributed by atoms with Crippen LogP contribution in [0.4, 0.5) is 0 Å². The van der Waals surface area contributed by atoms with E-state index in [4.69, 9.17) is 9.47 Å². The second-order valence-electron chi connectivity index (χ2n) is 4.83. The fourth-order valence-electron chi connectivity index (χ4n) is 2.91. The van der Waals surface area contributed by atoms with Crippen molar-refractivity contribution in [3.8, 4) is 0 Å². The number of benzene rings is 1. The first-order valence-electron chi connectivity index (χ1n) is 6.28. The van der Waals surface area contributed by atoms with E-state index in [1.165, 1.54) is 18.1 Å². The number of allylic oxidation sites excluding steroid dienone is 1. The highest BCUT2D eigenvalue weighted by Gasteiger charge is 2.48. The van der Waals surface area contributed by atoms with Gasteiger partial charge < -0.3 is 9.47 Å². The molecule has 1 spiro atoms. The molecule has 1 aromatic carbocycles. The Labute approximate surface area is 106 Å². The number of hydrogen-bond acceptors (Lipinski definition) is 3. The summed E-state index contributed by atoms with van der Waals surface area (Å²) in [5, 5.41) is 0. The summed E-state index contributed by atoms with van der Waals surface area (Å²) < 4.78 is 11.5. The van der Waals surface area contributed by atoms with Crippen LogP contribution in [0.15, 0.2) is 36.4 Å². The molecule has 0 amide bonds. The Hall–Kier alpha value is -1.61. The average Bonchev–Trinajstić information content (AvgIpc) is 2.73. The molecule has 0 aromatic heterocycles. The first-order chi connectivity index (χ1) is 8.72. The molecular weight excluding hydrogens is 228 g/mol. The molecule has 2 atom stereocenters. The summed E-state index contributed by atoms with van der Waals surface area (Å²) in [6, 6.07) is 8.18. The maximum Gasteiger partial charge on any atom is 0.303 e. The van der Waals surface area contributed by atoms with Crippen LogP contribution in [0.5, 0.6) is 0 Å². The van der Waals surface area contributed by atoms with Gasteiger partial charge in [0.05, 0.1) is 6.61 Å². The number of hydrogen-bond donors (Lipinski definition) is 0. The summed E-state index contributed by atoms with van der Waals surface area (Å²) in [5.74, 6) is -0.265. The summed E-state index contributed by atoms with van der Waals surface area (Å²) in [6.07, 6.45) is 5.51. The van der Waals surface area contributed by atoms with Gasteiger partial charge in [0.25, 0.3) is 0 Å². The second-order valence-corrected chi connectivity index (χ2v) is 4.83. The zero-order chi connectivity index (χ0) is 12.6. The Morgan fingerprint density at radius 3 is 3.11 bits per heavy atom. The van der Waals surface area contributed by atoms with Crippen LogP contribution in [0, 0.1) is 0 Å².